The number of benzene rings is 1. The van der Waals surface area contributed by atoms with Gasteiger partial charge in [0.05, 0.1) is 6.20 Å². The summed E-state index contributed by atoms with van der Waals surface area (Å²) in [5, 5.41) is 9.33. The van der Waals surface area contributed by atoms with Crippen molar-refractivity contribution < 1.29 is 9.32 Å². The molecule has 2 N–H and O–H groups in total. The molecular formula is C12H13N3O2. The van der Waals surface area contributed by atoms with Gasteiger partial charge in [0.15, 0.2) is 0 Å². The van der Waals surface area contributed by atoms with Crippen LogP contribution in [0.15, 0.2) is 41.1 Å². The normalized spacial score (nSPS) is 10.2. The molecule has 2 rings (SSSR count). The summed E-state index contributed by atoms with van der Waals surface area (Å²) >= 11 is 0. The number of rotatable bonds is 4. The standard InChI is InChI=1S/C12H13N3O2/c1-13-8-9-4-2-3-5-10(9)15-12(16)11-6-7-14-17-11/h2-7,13H,8H2,1H3,(H,15,16). The van der Waals surface area contributed by atoms with Crippen LogP contribution in [0.5, 0.6) is 0 Å². The number of para-hydroxylation sites is 1. The van der Waals surface area contributed by atoms with Crippen LogP contribution >= 0.6 is 0 Å². The molecule has 0 atom stereocenters. The molecule has 17 heavy (non-hydrogen) atoms. The van der Waals surface area contributed by atoms with E-state index in [1.165, 1.54) is 12.3 Å². The van der Waals surface area contributed by atoms with Crippen LogP contribution in [0.25, 0.3) is 0 Å². The van der Waals surface area contributed by atoms with Crippen molar-refractivity contribution in [3.8, 4) is 0 Å². The van der Waals surface area contributed by atoms with Crippen molar-refractivity contribution in [3.63, 3.8) is 0 Å². The van der Waals surface area contributed by atoms with Crippen molar-refractivity contribution in [1.29, 1.82) is 0 Å². The minimum atomic E-state index is -0.300. The molecule has 0 spiro atoms. The first-order chi connectivity index (χ1) is 8.31. The molecule has 0 saturated carbocycles. The second-order valence-corrected chi connectivity index (χ2v) is 3.52. The van der Waals surface area contributed by atoms with Crippen LogP contribution < -0.4 is 10.6 Å². The summed E-state index contributed by atoms with van der Waals surface area (Å²) in [5.74, 6) is -0.102. The van der Waals surface area contributed by atoms with Crippen molar-refractivity contribution >= 4 is 11.6 Å². The molecule has 0 unspecified atom stereocenters. The van der Waals surface area contributed by atoms with Crippen LogP contribution in [0.1, 0.15) is 16.1 Å². The van der Waals surface area contributed by atoms with E-state index in [4.69, 9.17) is 4.52 Å². The topological polar surface area (TPSA) is 67.2 Å². The Bertz CT molecular complexity index is 494. The monoisotopic (exact) mass is 231 g/mol. The second kappa shape index (κ2) is 5.27. The molecule has 0 aliphatic heterocycles. The fraction of sp³-hybridized carbons (Fsp3) is 0.167. The van der Waals surface area contributed by atoms with Gasteiger partial charge in [-0.25, -0.2) is 0 Å². The van der Waals surface area contributed by atoms with Gasteiger partial charge in [0.1, 0.15) is 0 Å². The summed E-state index contributed by atoms with van der Waals surface area (Å²) in [5.41, 5.74) is 1.78. The first-order valence-electron chi connectivity index (χ1n) is 5.26. The van der Waals surface area contributed by atoms with Crippen LogP contribution in [0.4, 0.5) is 5.69 Å². The zero-order valence-electron chi connectivity index (χ0n) is 9.43. The van der Waals surface area contributed by atoms with Crippen molar-refractivity contribution in [2.75, 3.05) is 12.4 Å². The van der Waals surface area contributed by atoms with Gasteiger partial charge in [-0.05, 0) is 18.7 Å². The molecule has 1 heterocycles. The molecule has 2 aromatic rings. The summed E-state index contributed by atoms with van der Waals surface area (Å²) in [7, 11) is 1.86. The van der Waals surface area contributed by atoms with Gasteiger partial charge in [0.25, 0.3) is 5.91 Å². The Labute approximate surface area is 98.8 Å². The number of carbonyl (C=O) groups is 1. The van der Waals surface area contributed by atoms with Crippen molar-refractivity contribution in [2.45, 2.75) is 6.54 Å². The van der Waals surface area contributed by atoms with E-state index in [-0.39, 0.29) is 11.7 Å². The Kier molecular flexibility index (Phi) is 3.52. The first kappa shape index (κ1) is 11.3. The lowest BCUT2D eigenvalue weighted by Crippen LogP contribution is -2.14. The van der Waals surface area contributed by atoms with Gasteiger partial charge in [-0.1, -0.05) is 23.4 Å². The smallest absolute Gasteiger partial charge is 0.294 e. The van der Waals surface area contributed by atoms with Crippen LogP contribution in [-0.2, 0) is 6.54 Å². The maximum Gasteiger partial charge on any atom is 0.294 e. The van der Waals surface area contributed by atoms with E-state index in [0.29, 0.717) is 6.54 Å². The lowest BCUT2D eigenvalue weighted by Gasteiger charge is -2.09. The van der Waals surface area contributed by atoms with Crippen LogP contribution in [0.3, 0.4) is 0 Å². The van der Waals surface area contributed by atoms with Gasteiger partial charge in [-0.2, -0.15) is 0 Å². The molecule has 1 amide bonds. The van der Waals surface area contributed by atoms with E-state index in [1.54, 1.807) is 0 Å². The van der Waals surface area contributed by atoms with Crippen LogP contribution in [-0.4, -0.2) is 18.1 Å². The lowest BCUT2D eigenvalue weighted by atomic mass is 10.1. The molecular weight excluding hydrogens is 218 g/mol. The van der Waals surface area contributed by atoms with Gasteiger partial charge in [-0.15, -0.1) is 0 Å². The molecule has 1 aromatic heterocycles. The van der Waals surface area contributed by atoms with Gasteiger partial charge in [0.2, 0.25) is 5.76 Å². The fourth-order valence-electron chi connectivity index (χ4n) is 1.50. The third-order valence-corrected chi connectivity index (χ3v) is 2.29. The Morgan fingerprint density at radius 3 is 2.88 bits per heavy atom. The average molecular weight is 231 g/mol. The molecule has 0 radical (unpaired) electrons. The minimum absolute atomic E-state index is 0.198. The minimum Gasteiger partial charge on any atom is -0.351 e. The van der Waals surface area contributed by atoms with Gasteiger partial charge in [-0.3, -0.25) is 4.79 Å². The SMILES string of the molecule is CNCc1ccccc1NC(=O)c1ccno1. The molecule has 0 saturated heterocycles. The maximum absolute atomic E-state index is 11.8. The number of aromatic nitrogens is 1. The van der Waals surface area contributed by atoms with E-state index in [0.717, 1.165) is 11.3 Å². The van der Waals surface area contributed by atoms with Crippen molar-refractivity contribution in [1.82, 2.24) is 10.5 Å². The molecule has 88 valence electrons. The molecule has 1 aromatic carbocycles. The molecule has 0 aliphatic carbocycles. The van der Waals surface area contributed by atoms with E-state index >= 15 is 0 Å². The highest BCUT2D eigenvalue weighted by atomic mass is 16.5. The van der Waals surface area contributed by atoms with E-state index in [9.17, 15) is 4.79 Å². The molecule has 0 bridgehead atoms. The Balaban J connectivity index is 2.15. The summed E-state index contributed by atoms with van der Waals surface area (Å²) in [6, 6.07) is 9.12. The predicted octanol–water partition coefficient (Wildman–Crippen LogP) is 1.65. The Morgan fingerprint density at radius 1 is 1.35 bits per heavy atom. The number of hydrogen-bond acceptors (Lipinski definition) is 4. The van der Waals surface area contributed by atoms with Gasteiger partial charge in [0, 0.05) is 18.3 Å². The van der Waals surface area contributed by atoms with Crippen molar-refractivity contribution in [3.05, 3.63) is 47.9 Å². The van der Waals surface area contributed by atoms with E-state index < -0.39 is 0 Å². The summed E-state index contributed by atoms with van der Waals surface area (Å²) < 4.78 is 4.79. The second-order valence-electron chi connectivity index (χ2n) is 3.52. The highest BCUT2D eigenvalue weighted by molar-refractivity contribution is 6.02. The first-order valence-corrected chi connectivity index (χ1v) is 5.26. The zero-order valence-corrected chi connectivity index (χ0v) is 9.43. The molecule has 0 aliphatic rings. The highest BCUT2D eigenvalue weighted by Gasteiger charge is 2.11. The zero-order chi connectivity index (χ0) is 12.1. The highest BCUT2D eigenvalue weighted by Crippen LogP contribution is 2.15. The Morgan fingerprint density at radius 2 is 2.18 bits per heavy atom. The number of amides is 1. The van der Waals surface area contributed by atoms with Gasteiger partial charge < -0.3 is 15.2 Å². The number of carbonyl (C=O) groups excluding carboxylic acids is 1. The quantitative estimate of drug-likeness (QED) is 0.839. The number of nitrogens with zero attached hydrogens (tertiary/aromatic N) is 1. The summed E-state index contributed by atoms with van der Waals surface area (Å²) in [6.45, 7) is 0.687. The maximum atomic E-state index is 11.8. The number of anilines is 1. The molecule has 5 nitrogen and oxygen atoms in total. The average Bonchev–Trinajstić information content (AvgIpc) is 2.85. The van der Waals surface area contributed by atoms with Crippen LogP contribution in [0, 0.1) is 0 Å². The van der Waals surface area contributed by atoms with Crippen molar-refractivity contribution in [2.24, 2.45) is 0 Å². The van der Waals surface area contributed by atoms with E-state index in [2.05, 4.69) is 15.8 Å². The fourth-order valence-corrected chi connectivity index (χ4v) is 1.50. The van der Waals surface area contributed by atoms with Crippen LogP contribution in [0.2, 0.25) is 0 Å². The summed E-state index contributed by atoms with van der Waals surface area (Å²) in [6.07, 6.45) is 1.44. The molecule has 5 heteroatoms. The third kappa shape index (κ3) is 2.70. The predicted molar refractivity (Wildman–Crippen MR) is 63.7 cm³/mol. The summed E-state index contributed by atoms with van der Waals surface area (Å²) in [4.78, 5) is 11.8. The Hall–Kier alpha value is -2.14. The van der Waals surface area contributed by atoms with Gasteiger partial charge >= 0.3 is 0 Å². The number of nitrogens with one attached hydrogen (secondary N) is 2. The largest absolute Gasteiger partial charge is 0.351 e. The lowest BCUT2D eigenvalue weighted by molar-refractivity contribution is 0.0988. The number of hydrogen-bond donors (Lipinski definition) is 2. The molecule has 0 fully saturated rings. The third-order valence-electron chi connectivity index (χ3n) is 2.29. The van der Waals surface area contributed by atoms with E-state index in [1.807, 2.05) is 31.3 Å².